The molecule has 88 valence electrons. The maximum atomic E-state index is 13.7. The van der Waals surface area contributed by atoms with Crippen molar-refractivity contribution in [3.05, 3.63) is 33.8 Å². The number of benzene rings is 1. The largest absolute Gasteiger partial charge is 0.387 e. The Labute approximate surface area is 105 Å². The van der Waals surface area contributed by atoms with Crippen LogP contribution >= 0.6 is 27.7 Å². The number of aliphatic hydroxyl groups excluding tert-OH is 1. The monoisotopic (exact) mass is 308 g/mol. The Hall–Kier alpha value is -0.130. The standard InChI is InChI=1S/C11H11BrF2OS/c12-6-3-4-7(13)9(10(6)14)11(15)8-2-1-5-16-8/h3-4,8,11,15H,1-2,5H2. The molecule has 1 nitrogen and oxygen atoms in total. The molecule has 1 saturated heterocycles. The van der Waals surface area contributed by atoms with Crippen molar-refractivity contribution in [2.45, 2.75) is 24.2 Å². The van der Waals surface area contributed by atoms with Gasteiger partial charge in [-0.2, -0.15) is 11.8 Å². The zero-order chi connectivity index (χ0) is 11.7. The second kappa shape index (κ2) is 5.02. The predicted octanol–water partition coefficient (Wildman–Crippen LogP) is 3.66. The molecule has 0 aromatic heterocycles. The summed E-state index contributed by atoms with van der Waals surface area (Å²) >= 11 is 4.57. The van der Waals surface area contributed by atoms with Crippen molar-refractivity contribution in [3.8, 4) is 0 Å². The van der Waals surface area contributed by atoms with Gasteiger partial charge in [-0.1, -0.05) is 0 Å². The Morgan fingerprint density at radius 1 is 1.44 bits per heavy atom. The first-order valence-corrected chi connectivity index (χ1v) is 6.88. The third kappa shape index (κ3) is 2.26. The van der Waals surface area contributed by atoms with Crippen LogP contribution in [0.3, 0.4) is 0 Å². The third-order valence-electron chi connectivity index (χ3n) is 2.69. The third-order valence-corrected chi connectivity index (χ3v) is 4.75. The van der Waals surface area contributed by atoms with E-state index in [0.29, 0.717) is 0 Å². The van der Waals surface area contributed by atoms with Gasteiger partial charge in [0.25, 0.3) is 0 Å². The molecular formula is C11H11BrF2OS. The van der Waals surface area contributed by atoms with Crippen molar-refractivity contribution >= 4 is 27.7 Å². The summed E-state index contributed by atoms with van der Waals surface area (Å²) < 4.78 is 27.4. The minimum atomic E-state index is -1.06. The van der Waals surface area contributed by atoms with E-state index in [2.05, 4.69) is 15.9 Å². The van der Waals surface area contributed by atoms with E-state index >= 15 is 0 Å². The van der Waals surface area contributed by atoms with Crippen LogP contribution in [0.1, 0.15) is 24.5 Å². The molecule has 1 aromatic carbocycles. The number of hydrogen-bond acceptors (Lipinski definition) is 2. The van der Waals surface area contributed by atoms with E-state index < -0.39 is 17.7 Å². The van der Waals surface area contributed by atoms with Crippen molar-refractivity contribution in [1.82, 2.24) is 0 Å². The van der Waals surface area contributed by atoms with E-state index in [1.807, 2.05) is 0 Å². The van der Waals surface area contributed by atoms with Crippen LogP contribution in [-0.4, -0.2) is 16.1 Å². The van der Waals surface area contributed by atoms with E-state index in [4.69, 9.17) is 0 Å². The Morgan fingerprint density at radius 2 is 2.19 bits per heavy atom. The molecule has 1 fully saturated rings. The summed E-state index contributed by atoms with van der Waals surface area (Å²) in [5.41, 5.74) is -0.214. The summed E-state index contributed by atoms with van der Waals surface area (Å²) in [5, 5.41) is 9.89. The summed E-state index contributed by atoms with van der Waals surface area (Å²) in [7, 11) is 0. The Bertz CT molecular complexity index is 394. The lowest BCUT2D eigenvalue weighted by atomic mass is 10.0. The predicted molar refractivity (Wildman–Crippen MR) is 64.5 cm³/mol. The fourth-order valence-corrected chi connectivity index (χ4v) is 3.48. The van der Waals surface area contributed by atoms with Crippen molar-refractivity contribution in [2.75, 3.05) is 5.75 Å². The lowest BCUT2D eigenvalue weighted by Crippen LogP contribution is -2.15. The van der Waals surface area contributed by atoms with Gasteiger partial charge in [-0.15, -0.1) is 0 Å². The second-order valence-electron chi connectivity index (χ2n) is 3.75. The van der Waals surface area contributed by atoms with Gasteiger partial charge >= 0.3 is 0 Å². The van der Waals surface area contributed by atoms with Gasteiger partial charge < -0.3 is 5.11 Å². The van der Waals surface area contributed by atoms with Crippen molar-refractivity contribution < 1.29 is 13.9 Å². The normalized spacial score (nSPS) is 22.4. The molecule has 2 atom stereocenters. The second-order valence-corrected chi connectivity index (χ2v) is 5.95. The first kappa shape index (κ1) is 12.3. The van der Waals surface area contributed by atoms with Gasteiger partial charge in [-0.3, -0.25) is 0 Å². The number of halogens is 3. The molecule has 1 heterocycles. The topological polar surface area (TPSA) is 20.2 Å². The molecule has 1 aliphatic heterocycles. The fourth-order valence-electron chi connectivity index (χ4n) is 1.85. The average molecular weight is 309 g/mol. The quantitative estimate of drug-likeness (QED) is 0.842. The number of thioether (sulfide) groups is 1. The van der Waals surface area contributed by atoms with Crippen LogP contribution in [-0.2, 0) is 0 Å². The highest BCUT2D eigenvalue weighted by Crippen LogP contribution is 2.38. The molecule has 1 N–H and O–H groups in total. The highest BCUT2D eigenvalue weighted by molar-refractivity contribution is 9.10. The summed E-state index contributed by atoms with van der Waals surface area (Å²) in [5.74, 6) is -0.431. The van der Waals surface area contributed by atoms with Gasteiger partial charge in [0.05, 0.1) is 16.1 Å². The van der Waals surface area contributed by atoms with Crippen LogP contribution < -0.4 is 0 Å². The van der Waals surface area contributed by atoms with E-state index in [-0.39, 0.29) is 15.3 Å². The Kier molecular flexibility index (Phi) is 3.87. The SMILES string of the molecule is OC(c1c(F)ccc(Br)c1F)C1CCCS1. The Balaban J connectivity index is 2.34. The minimum absolute atomic E-state index is 0.0988. The maximum Gasteiger partial charge on any atom is 0.146 e. The fraction of sp³-hybridized carbons (Fsp3) is 0.455. The molecule has 2 unspecified atom stereocenters. The molecule has 2 rings (SSSR count). The first-order valence-electron chi connectivity index (χ1n) is 5.04. The highest BCUT2D eigenvalue weighted by Gasteiger charge is 2.30. The van der Waals surface area contributed by atoms with Crippen LogP contribution in [0.5, 0.6) is 0 Å². The van der Waals surface area contributed by atoms with E-state index in [0.717, 1.165) is 18.6 Å². The van der Waals surface area contributed by atoms with Gasteiger partial charge in [-0.25, -0.2) is 8.78 Å². The van der Waals surface area contributed by atoms with Crippen molar-refractivity contribution in [1.29, 1.82) is 0 Å². The zero-order valence-corrected chi connectivity index (χ0v) is 10.8. The van der Waals surface area contributed by atoms with Gasteiger partial charge in [-0.05, 0) is 46.7 Å². The van der Waals surface area contributed by atoms with Crippen molar-refractivity contribution in [3.63, 3.8) is 0 Å². The number of aliphatic hydroxyl groups is 1. The summed E-state index contributed by atoms with van der Waals surface area (Å²) in [6.45, 7) is 0. The van der Waals surface area contributed by atoms with Crippen LogP contribution in [0, 0.1) is 11.6 Å². The van der Waals surface area contributed by atoms with Gasteiger partial charge in [0.2, 0.25) is 0 Å². The lowest BCUT2D eigenvalue weighted by Gasteiger charge is -2.19. The smallest absolute Gasteiger partial charge is 0.146 e. The number of hydrogen-bond donors (Lipinski definition) is 1. The van der Waals surface area contributed by atoms with Crippen LogP contribution in [0.4, 0.5) is 8.78 Å². The molecule has 1 aliphatic rings. The molecule has 1 aromatic rings. The molecule has 0 spiro atoms. The lowest BCUT2D eigenvalue weighted by molar-refractivity contribution is 0.163. The maximum absolute atomic E-state index is 13.7. The van der Waals surface area contributed by atoms with Gasteiger partial charge in [0.15, 0.2) is 0 Å². The summed E-state index contributed by atoms with van der Waals surface area (Å²) in [6.07, 6.45) is 0.728. The molecular weight excluding hydrogens is 298 g/mol. The first-order chi connectivity index (χ1) is 7.61. The summed E-state index contributed by atoms with van der Waals surface area (Å²) in [6, 6.07) is 2.48. The highest BCUT2D eigenvalue weighted by atomic mass is 79.9. The van der Waals surface area contributed by atoms with Gasteiger partial charge in [0.1, 0.15) is 11.6 Å². The molecule has 16 heavy (non-hydrogen) atoms. The van der Waals surface area contributed by atoms with Crippen LogP contribution in [0.2, 0.25) is 0 Å². The molecule has 0 saturated carbocycles. The molecule has 0 bridgehead atoms. The van der Waals surface area contributed by atoms with Crippen LogP contribution in [0.15, 0.2) is 16.6 Å². The number of rotatable bonds is 2. The molecule has 5 heteroatoms. The zero-order valence-electron chi connectivity index (χ0n) is 8.42. The summed E-state index contributed by atoms with van der Waals surface area (Å²) in [4.78, 5) is 0. The molecule has 0 aliphatic carbocycles. The molecule has 0 radical (unpaired) electrons. The minimum Gasteiger partial charge on any atom is -0.387 e. The molecule has 0 amide bonds. The average Bonchev–Trinajstić information content (AvgIpc) is 2.77. The van der Waals surface area contributed by atoms with E-state index in [1.165, 1.54) is 12.1 Å². The van der Waals surface area contributed by atoms with E-state index in [1.54, 1.807) is 11.8 Å². The van der Waals surface area contributed by atoms with Crippen LogP contribution in [0.25, 0.3) is 0 Å². The van der Waals surface area contributed by atoms with Crippen molar-refractivity contribution in [2.24, 2.45) is 0 Å². The van der Waals surface area contributed by atoms with Gasteiger partial charge in [0, 0.05) is 5.25 Å². The van der Waals surface area contributed by atoms with E-state index in [9.17, 15) is 13.9 Å². The Morgan fingerprint density at radius 3 is 2.81 bits per heavy atom.